The lowest BCUT2D eigenvalue weighted by Gasteiger charge is -2.43. The van der Waals surface area contributed by atoms with E-state index in [-0.39, 0.29) is 0 Å². The summed E-state index contributed by atoms with van der Waals surface area (Å²) in [6.45, 7) is 0. The number of para-hydroxylation sites is 2. The largest absolute Gasteiger partial charge is 0.457 e. The van der Waals surface area contributed by atoms with Gasteiger partial charge < -0.3 is 9.64 Å². The van der Waals surface area contributed by atoms with Gasteiger partial charge in [-0.05, 0) is 103 Å². The Morgan fingerprint density at radius 3 is 1.58 bits per heavy atom. The lowest BCUT2D eigenvalue weighted by Crippen LogP contribution is -2.77. The van der Waals surface area contributed by atoms with E-state index in [9.17, 15) is 0 Å². The van der Waals surface area contributed by atoms with Crippen molar-refractivity contribution in [2.24, 2.45) is 0 Å². The number of ether oxygens (including phenoxy) is 1. The molecule has 0 amide bonds. The van der Waals surface area contributed by atoms with E-state index in [1.54, 1.807) is 0 Å². The van der Waals surface area contributed by atoms with Gasteiger partial charge in [0.05, 0.1) is 5.41 Å². The van der Waals surface area contributed by atoms with Crippen LogP contribution in [0.4, 0.5) is 17.1 Å². The summed E-state index contributed by atoms with van der Waals surface area (Å²) in [6.07, 6.45) is 0. The number of nitrogens with zero attached hydrogens (tertiary/aromatic N) is 1. The zero-order valence-corrected chi connectivity index (χ0v) is 33.9. The van der Waals surface area contributed by atoms with Gasteiger partial charge in [0.2, 0.25) is 0 Å². The van der Waals surface area contributed by atoms with Gasteiger partial charge in [0.1, 0.15) is 11.5 Å². The third-order valence-electron chi connectivity index (χ3n) is 12.7. The Bertz CT molecular complexity index is 2970. The summed E-state index contributed by atoms with van der Waals surface area (Å²) in [7, 11) is -2.78. The molecule has 278 valence electrons. The van der Waals surface area contributed by atoms with Crippen molar-refractivity contribution in [3.8, 4) is 22.6 Å². The van der Waals surface area contributed by atoms with Crippen LogP contribution in [0.25, 0.3) is 11.1 Å². The molecule has 0 saturated carbocycles. The maximum atomic E-state index is 7.06. The summed E-state index contributed by atoms with van der Waals surface area (Å²) in [5.41, 5.74) is 10.3. The number of hydrogen-bond acceptors (Lipinski definition) is 3. The molecule has 59 heavy (non-hydrogen) atoms. The Morgan fingerprint density at radius 1 is 0.373 bits per heavy atom. The first-order valence-corrected chi connectivity index (χ1v) is 23.1. The highest BCUT2D eigenvalue weighted by Crippen LogP contribution is 2.57. The van der Waals surface area contributed by atoms with Gasteiger partial charge in [-0.1, -0.05) is 182 Å². The molecule has 0 N–H and O–H groups in total. The third-order valence-corrected chi connectivity index (χ3v) is 19.1. The van der Waals surface area contributed by atoms with Gasteiger partial charge in [0.15, 0.2) is 8.07 Å². The van der Waals surface area contributed by atoms with E-state index in [1.807, 2.05) is 11.8 Å². The molecule has 2 heterocycles. The summed E-state index contributed by atoms with van der Waals surface area (Å²) in [6, 6.07) is 82.8. The molecule has 9 aromatic rings. The van der Waals surface area contributed by atoms with E-state index < -0.39 is 13.5 Å². The SMILES string of the molecule is c1ccc(N(c2ccc3c(c2)Oc2ccccc2[Si]32c3ccccc3Sc3ccccc32)c2ccc3c(c2)C(c2ccccc2)(c2ccccc2)c2ccccc2-3)cc1. The summed E-state index contributed by atoms with van der Waals surface area (Å²) < 4.78 is 7.06. The molecule has 0 unspecified atom stereocenters. The molecule has 1 aliphatic carbocycles. The smallest absolute Gasteiger partial charge is 0.190 e. The van der Waals surface area contributed by atoms with Crippen LogP contribution in [-0.4, -0.2) is 8.07 Å². The zero-order valence-electron chi connectivity index (χ0n) is 32.1. The topological polar surface area (TPSA) is 12.5 Å². The average Bonchev–Trinajstić information content (AvgIpc) is 3.60. The Balaban J connectivity index is 1.10. The van der Waals surface area contributed by atoms with E-state index in [0.717, 1.165) is 28.6 Å². The van der Waals surface area contributed by atoms with Gasteiger partial charge in [-0.2, -0.15) is 0 Å². The standard InChI is InChI=1S/C55H37NOSSi/c1-4-18-38(19-5-1)55(39-20-6-2-7-21-39)45-25-11-10-24-43(45)44-34-32-41(36-46(44)55)56(40-22-8-3-9-23-40)42-33-35-52-48(37-42)57-47-26-12-15-29-51(47)59(52)53-30-16-13-27-49(53)58-50-28-14-17-31-54(50)59/h1-37H. The van der Waals surface area contributed by atoms with Crippen LogP contribution >= 0.6 is 11.8 Å². The Labute approximate surface area is 350 Å². The molecule has 12 rings (SSSR count). The van der Waals surface area contributed by atoms with Crippen molar-refractivity contribution in [3.63, 3.8) is 0 Å². The Hall–Kier alpha value is -6.85. The minimum absolute atomic E-state index is 0.507. The second kappa shape index (κ2) is 13.4. The van der Waals surface area contributed by atoms with Gasteiger partial charge >= 0.3 is 0 Å². The van der Waals surface area contributed by atoms with Crippen LogP contribution in [0.3, 0.4) is 0 Å². The predicted octanol–water partition coefficient (Wildman–Crippen LogP) is 11.5. The molecule has 2 aliphatic heterocycles. The van der Waals surface area contributed by atoms with E-state index in [1.165, 1.54) is 63.9 Å². The minimum atomic E-state index is -2.78. The normalized spacial score (nSPS) is 14.4. The second-order valence-electron chi connectivity index (χ2n) is 15.6. The van der Waals surface area contributed by atoms with Crippen LogP contribution < -0.4 is 30.4 Å². The van der Waals surface area contributed by atoms with Crippen molar-refractivity contribution >= 4 is 57.6 Å². The summed E-state index contributed by atoms with van der Waals surface area (Å²) in [5.74, 6) is 1.86. The van der Waals surface area contributed by atoms with E-state index in [2.05, 4.69) is 229 Å². The highest BCUT2D eigenvalue weighted by Gasteiger charge is 2.52. The van der Waals surface area contributed by atoms with Crippen LogP contribution in [0.1, 0.15) is 22.3 Å². The predicted molar refractivity (Wildman–Crippen MR) is 246 cm³/mol. The molecule has 0 bridgehead atoms. The lowest BCUT2D eigenvalue weighted by molar-refractivity contribution is 0.487. The molecule has 2 nitrogen and oxygen atoms in total. The van der Waals surface area contributed by atoms with Crippen molar-refractivity contribution in [3.05, 3.63) is 247 Å². The van der Waals surface area contributed by atoms with Crippen LogP contribution in [0.15, 0.2) is 234 Å². The highest BCUT2D eigenvalue weighted by molar-refractivity contribution is 8.00. The molecule has 0 radical (unpaired) electrons. The molecule has 3 aliphatic rings. The molecule has 0 fully saturated rings. The number of hydrogen-bond donors (Lipinski definition) is 0. The summed E-state index contributed by atoms with van der Waals surface area (Å²) in [5, 5.41) is 5.43. The van der Waals surface area contributed by atoms with Gasteiger partial charge in [0, 0.05) is 32.9 Å². The average molecular weight is 788 g/mol. The van der Waals surface area contributed by atoms with Crippen molar-refractivity contribution < 1.29 is 4.74 Å². The van der Waals surface area contributed by atoms with Crippen LogP contribution in [0.2, 0.25) is 0 Å². The van der Waals surface area contributed by atoms with Crippen molar-refractivity contribution in [2.45, 2.75) is 15.2 Å². The number of benzene rings is 9. The van der Waals surface area contributed by atoms with Crippen LogP contribution in [0.5, 0.6) is 11.5 Å². The fourth-order valence-corrected chi connectivity index (χ4v) is 17.5. The third kappa shape index (κ3) is 4.88. The summed E-state index contributed by atoms with van der Waals surface area (Å²) >= 11 is 1.89. The maximum absolute atomic E-state index is 7.06. The molecule has 0 saturated heterocycles. The van der Waals surface area contributed by atoms with Crippen LogP contribution in [0, 0.1) is 0 Å². The number of rotatable bonds is 5. The first-order chi connectivity index (χ1) is 29.3. The molecule has 9 aromatic carbocycles. The van der Waals surface area contributed by atoms with Gasteiger partial charge in [-0.25, -0.2) is 0 Å². The first kappa shape index (κ1) is 34.2. The first-order valence-electron chi connectivity index (χ1n) is 20.3. The monoisotopic (exact) mass is 787 g/mol. The number of anilines is 3. The molecule has 1 spiro atoms. The second-order valence-corrected chi connectivity index (χ2v) is 20.3. The maximum Gasteiger partial charge on any atom is 0.190 e. The van der Waals surface area contributed by atoms with E-state index >= 15 is 0 Å². The highest BCUT2D eigenvalue weighted by atomic mass is 32.2. The van der Waals surface area contributed by atoms with Crippen LogP contribution in [-0.2, 0) is 5.41 Å². The molecule has 4 heteroatoms. The molecule has 0 aromatic heterocycles. The fourth-order valence-electron chi connectivity index (χ4n) is 10.3. The molecular formula is C55H37NOSSi. The minimum Gasteiger partial charge on any atom is -0.457 e. The molecule has 0 atom stereocenters. The van der Waals surface area contributed by atoms with E-state index in [4.69, 9.17) is 4.74 Å². The van der Waals surface area contributed by atoms with Gasteiger partial charge in [-0.3, -0.25) is 0 Å². The lowest BCUT2D eigenvalue weighted by atomic mass is 9.67. The Morgan fingerprint density at radius 2 is 0.881 bits per heavy atom. The van der Waals surface area contributed by atoms with Gasteiger partial charge in [-0.15, -0.1) is 0 Å². The zero-order chi connectivity index (χ0) is 39.0. The number of fused-ring (bicyclic) bond motifs is 11. The van der Waals surface area contributed by atoms with Crippen molar-refractivity contribution in [1.29, 1.82) is 0 Å². The fraction of sp³-hybridized carbons (Fsp3) is 0.0182. The summed E-state index contributed by atoms with van der Waals surface area (Å²) in [4.78, 5) is 5.06. The van der Waals surface area contributed by atoms with E-state index in [0.29, 0.717) is 0 Å². The van der Waals surface area contributed by atoms with Crippen molar-refractivity contribution in [1.82, 2.24) is 0 Å². The quantitative estimate of drug-likeness (QED) is 0.161. The van der Waals surface area contributed by atoms with Gasteiger partial charge in [0.25, 0.3) is 0 Å². The molecular weight excluding hydrogens is 751 g/mol. The van der Waals surface area contributed by atoms with Crippen molar-refractivity contribution in [2.75, 3.05) is 4.90 Å². The Kier molecular flexibility index (Phi) is 7.74.